The summed E-state index contributed by atoms with van der Waals surface area (Å²) in [6.07, 6.45) is 1.96. The molecule has 0 unspecified atom stereocenters. The van der Waals surface area contributed by atoms with E-state index >= 15 is 0 Å². The maximum atomic E-state index is 13.1. The van der Waals surface area contributed by atoms with Crippen LogP contribution in [0.3, 0.4) is 0 Å². The Hall–Kier alpha value is -2.97. The maximum absolute atomic E-state index is 13.1. The fourth-order valence-electron chi connectivity index (χ4n) is 3.05. The number of nitrogens with zero attached hydrogens (tertiary/aromatic N) is 2. The van der Waals surface area contributed by atoms with Crippen LogP contribution in [0.2, 0.25) is 0 Å². The van der Waals surface area contributed by atoms with E-state index in [1.807, 2.05) is 47.9 Å². The first-order valence-electron chi connectivity index (χ1n) is 9.34. The highest BCUT2D eigenvalue weighted by molar-refractivity contribution is 8.03. The smallest absolute Gasteiger partial charge is 0.262 e. The van der Waals surface area contributed by atoms with Crippen molar-refractivity contribution in [1.82, 2.24) is 9.88 Å². The normalized spacial score (nSPS) is 14.7. The van der Waals surface area contributed by atoms with Crippen LogP contribution in [-0.2, 0) is 0 Å². The second-order valence-corrected chi connectivity index (χ2v) is 8.39. The molecule has 4 rings (SSSR count). The molecular formula is C22H21N3O3S2. The number of carbonyl (C=O) groups is 1. The lowest BCUT2D eigenvalue weighted by Gasteiger charge is -2.18. The van der Waals surface area contributed by atoms with Gasteiger partial charge in [-0.15, -0.1) is 23.1 Å². The number of carbonyl (C=O) groups excluding carboxylic acids is 1. The average Bonchev–Trinajstić information content (AvgIpc) is 3.43. The number of thiazole rings is 1. The minimum atomic E-state index is -0.0597. The van der Waals surface area contributed by atoms with E-state index in [4.69, 9.17) is 9.47 Å². The lowest BCUT2D eigenvalue weighted by Crippen LogP contribution is -2.27. The highest BCUT2D eigenvalue weighted by Crippen LogP contribution is 2.33. The predicted octanol–water partition coefficient (Wildman–Crippen LogP) is 5.09. The van der Waals surface area contributed by atoms with Crippen molar-refractivity contribution in [3.8, 4) is 11.5 Å². The van der Waals surface area contributed by atoms with E-state index in [1.54, 1.807) is 43.0 Å². The van der Waals surface area contributed by atoms with Crippen molar-refractivity contribution in [2.45, 2.75) is 0 Å². The second-order valence-electron chi connectivity index (χ2n) is 6.42. The molecular weight excluding hydrogens is 418 g/mol. The van der Waals surface area contributed by atoms with Gasteiger partial charge in [0.25, 0.3) is 5.91 Å². The van der Waals surface area contributed by atoms with Crippen LogP contribution >= 0.6 is 23.1 Å². The Labute approximate surface area is 183 Å². The van der Waals surface area contributed by atoms with Gasteiger partial charge in [0.05, 0.1) is 30.5 Å². The van der Waals surface area contributed by atoms with Crippen LogP contribution in [0.1, 0.15) is 16.1 Å². The molecule has 2 aromatic carbocycles. The molecule has 30 heavy (non-hydrogen) atoms. The third-order valence-electron chi connectivity index (χ3n) is 4.55. The number of rotatable bonds is 6. The van der Waals surface area contributed by atoms with Crippen molar-refractivity contribution in [3.63, 3.8) is 0 Å². The van der Waals surface area contributed by atoms with Crippen LogP contribution in [0.4, 0.5) is 10.8 Å². The van der Waals surface area contributed by atoms with Crippen molar-refractivity contribution in [3.05, 3.63) is 70.2 Å². The number of hydrogen-bond donors (Lipinski definition) is 1. The fraction of sp³-hybridized carbons (Fsp3) is 0.182. The van der Waals surface area contributed by atoms with Gasteiger partial charge in [-0.1, -0.05) is 12.1 Å². The molecule has 1 aliphatic heterocycles. The van der Waals surface area contributed by atoms with Gasteiger partial charge in [-0.2, -0.15) is 0 Å². The summed E-state index contributed by atoms with van der Waals surface area (Å²) in [5, 5.41) is 6.95. The molecule has 8 heteroatoms. The third kappa shape index (κ3) is 4.44. The van der Waals surface area contributed by atoms with Crippen molar-refractivity contribution in [1.29, 1.82) is 0 Å². The summed E-state index contributed by atoms with van der Waals surface area (Å²) in [6, 6.07) is 15.0. The molecule has 0 bridgehead atoms. The number of aromatic nitrogens is 1. The van der Waals surface area contributed by atoms with Crippen LogP contribution in [0.15, 0.2) is 58.9 Å². The number of anilines is 2. The van der Waals surface area contributed by atoms with Gasteiger partial charge >= 0.3 is 0 Å². The average molecular weight is 440 g/mol. The largest absolute Gasteiger partial charge is 0.497 e. The molecule has 1 N–H and O–H groups in total. The standard InChI is InChI=1S/C22H21N3O3S2/c1-27-17-9-7-15(8-10-17)23-22-24-16(14-30-22)13-20-25(11-12-29-20)21(26)18-5-3-4-6-19(18)28-2/h3-10,13-14H,11-12H2,1-2H3,(H,23,24)/b20-13+. The summed E-state index contributed by atoms with van der Waals surface area (Å²) in [5.41, 5.74) is 2.32. The molecule has 1 amide bonds. The first-order chi connectivity index (χ1) is 14.7. The Bertz CT molecular complexity index is 1060. The summed E-state index contributed by atoms with van der Waals surface area (Å²) < 4.78 is 10.5. The molecule has 6 nitrogen and oxygen atoms in total. The van der Waals surface area contributed by atoms with E-state index in [2.05, 4.69) is 10.3 Å². The van der Waals surface area contributed by atoms with Gasteiger partial charge < -0.3 is 19.7 Å². The number of hydrogen-bond acceptors (Lipinski definition) is 7. The van der Waals surface area contributed by atoms with Gasteiger partial charge in [0, 0.05) is 23.4 Å². The van der Waals surface area contributed by atoms with E-state index < -0.39 is 0 Å². The Morgan fingerprint density at radius 2 is 1.93 bits per heavy atom. The Morgan fingerprint density at radius 3 is 2.70 bits per heavy atom. The molecule has 0 atom stereocenters. The molecule has 2 heterocycles. The summed E-state index contributed by atoms with van der Waals surface area (Å²) in [6.45, 7) is 0.661. The molecule has 3 aromatic rings. The first-order valence-corrected chi connectivity index (χ1v) is 11.2. The Morgan fingerprint density at radius 1 is 1.13 bits per heavy atom. The van der Waals surface area contributed by atoms with E-state index in [0.717, 1.165) is 33.0 Å². The fourth-order valence-corrected chi connectivity index (χ4v) is 4.76. The minimum absolute atomic E-state index is 0.0597. The zero-order valence-corrected chi connectivity index (χ0v) is 18.3. The molecule has 0 saturated carbocycles. The van der Waals surface area contributed by atoms with Crippen LogP contribution in [0.25, 0.3) is 6.08 Å². The molecule has 0 spiro atoms. The van der Waals surface area contributed by atoms with Gasteiger partial charge in [0.15, 0.2) is 5.13 Å². The first kappa shape index (κ1) is 20.3. The van der Waals surface area contributed by atoms with Crippen molar-refractivity contribution >= 4 is 45.9 Å². The van der Waals surface area contributed by atoms with E-state index in [0.29, 0.717) is 17.9 Å². The zero-order valence-electron chi connectivity index (χ0n) is 16.6. The number of amides is 1. The highest BCUT2D eigenvalue weighted by atomic mass is 32.2. The van der Waals surface area contributed by atoms with Gasteiger partial charge in [-0.25, -0.2) is 4.98 Å². The van der Waals surface area contributed by atoms with Crippen LogP contribution in [0, 0.1) is 0 Å². The zero-order chi connectivity index (χ0) is 20.9. The van der Waals surface area contributed by atoms with Gasteiger partial charge in [0.1, 0.15) is 11.5 Å². The topological polar surface area (TPSA) is 63.7 Å². The lowest BCUT2D eigenvalue weighted by molar-refractivity contribution is 0.0827. The van der Waals surface area contributed by atoms with Crippen molar-refractivity contribution in [2.24, 2.45) is 0 Å². The molecule has 154 valence electrons. The van der Waals surface area contributed by atoms with Crippen LogP contribution in [0.5, 0.6) is 11.5 Å². The molecule has 1 aromatic heterocycles. The minimum Gasteiger partial charge on any atom is -0.497 e. The monoisotopic (exact) mass is 439 g/mol. The van der Waals surface area contributed by atoms with Crippen LogP contribution in [-0.4, -0.2) is 42.3 Å². The van der Waals surface area contributed by atoms with Gasteiger partial charge in [-0.3, -0.25) is 4.79 Å². The number of ether oxygens (including phenoxy) is 2. The van der Waals surface area contributed by atoms with E-state index in [-0.39, 0.29) is 5.91 Å². The number of nitrogens with one attached hydrogen (secondary N) is 1. The third-order valence-corrected chi connectivity index (χ3v) is 6.34. The summed E-state index contributed by atoms with van der Waals surface area (Å²) in [5.74, 6) is 2.19. The number of benzene rings is 2. The summed E-state index contributed by atoms with van der Waals surface area (Å²) in [7, 11) is 3.22. The molecule has 1 fully saturated rings. The maximum Gasteiger partial charge on any atom is 0.262 e. The van der Waals surface area contributed by atoms with Crippen LogP contribution < -0.4 is 14.8 Å². The van der Waals surface area contributed by atoms with Crippen molar-refractivity contribution < 1.29 is 14.3 Å². The number of thioether (sulfide) groups is 1. The summed E-state index contributed by atoms with van der Waals surface area (Å²) >= 11 is 3.17. The molecule has 0 radical (unpaired) electrons. The van der Waals surface area contributed by atoms with E-state index in [9.17, 15) is 4.79 Å². The highest BCUT2D eigenvalue weighted by Gasteiger charge is 2.27. The Balaban J connectivity index is 1.50. The molecule has 0 aliphatic carbocycles. The van der Waals surface area contributed by atoms with Crippen molar-refractivity contribution in [2.75, 3.05) is 31.8 Å². The number of para-hydroxylation sites is 1. The van der Waals surface area contributed by atoms with Gasteiger partial charge in [-0.05, 0) is 42.5 Å². The van der Waals surface area contributed by atoms with E-state index in [1.165, 1.54) is 11.3 Å². The molecule has 1 aliphatic rings. The van der Waals surface area contributed by atoms with Gasteiger partial charge in [0.2, 0.25) is 0 Å². The number of methoxy groups -OCH3 is 2. The summed E-state index contributed by atoms with van der Waals surface area (Å²) in [4.78, 5) is 19.5. The lowest BCUT2D eigenvalue weighted by atomic mass is 10.1. The predicted molar refractivity (Wildman–Crippen MR) is 123 cm³/mol. The SMILES string of the molecule is COc1ccc(Nc2nc(/C=C3/SCCN3C(=O)c3ccccc3OC)cs2)cc1. The quantitative estimate of drug-likeness (QED) is 0.577. The molecule has 1 saturated heterocycles. The second kappa shape index (κ2) is 9.23. The Kier molecular flexibility index (Phi) is 6.25.